The second kappa shape index (κ2) is 14.7. The first kappa shape index (κ1) is 33.7. The second-order valence-corrected chi connectivity index (χ2v) is 14.8. The summed E-state index contributed by atoms with van der Waals surface area (Å²) in [5.41, 5.74) is 15.9. The average Bonchev–Trinajstić information content (AvgIpc) is 3.62. The lowest BCUT2D eigenvalue weighted by atomic mass is 9.95. The molecule has 7 aromatic carbocycles. The first-order valence-corrected chi connectivity index (χ1v) is 19.8. The predicted molar refractivity (Wildman–Crippen MR) is 239 cm³/mol. The monoisotopic (exact) mass is 718 g/mol. The molecule has 1 aromatic heterocycles. The van der Waals surface area contributed by atoms with Crippen molar-refractivity contribution in [3.05, 3.63) is 218 Å². The van der Waals surface area contributed by atoms with Gasteiger partial charge in [-0.15, -0.1) is 0 Å². The Labute approximate surface area is 329 Å². The molecule has 1 heterocycles. The van der Waals surface area contributed by atoms with Gasteiger partial charge in [-0.05, 0) is 118 Å². The van der Waals surface area contributed by atoms with Crippen LogP contribution in [0, 0.1) is 0 Å². The van der Waals surface area contributed by atoms with Gasteiger partial charge in [0.15, 0.2) is 0 Å². The Hall–Kier alpha value is -6.90. The van der Waals surface area contributed by atoms with Crippen LogP contribution < -0.4 is 4.90 Å². The lowest BCUT2D eigenvalue weighted by molar-refractivity contribution is 0.648. The number of rotatable bonds is 8. The first-order valence-electron chi connectivity index (χ1n) is 19.8. The number of aromatic nitrogens is 1. The molecular formula is C54H42N2. The minimum absolute atomic E-state index is 0.317. The van der Waals surface area contributed by atoms with E-state index in [2.05, 4.69) is 222 Å². The zero-order valence-corrected chi connectivity index (χ0v) is 31.3. The Morgan fingerprint density at radius 2 is 0.964 bits per heavy atom. The number of hydrogen-bond donors (Lipinski definition) is 0. The van der Waals surface area contributed by atoms with E-state index in [1.165, 1.54) is 66.3 Å². The Morgan fingerprint density at radius 3 is 1.57 bits per heavy atom. The summed E-state index contributed by atoms with van der Waals surface area (Å²) in [6.07, 6.45) is 18.8. The van der Waals surface area contributed by atoms with Gasteiger partial charge in [-0.25, -0.2) is 0 Å². The predicted octanol–water partition coefficient (Wildman–Crippen LogP) is 15.1. The molecule has 0 fully saturated rings. The number of hydrogen-bond acceptors (Lipinski definition) is 1. The molecule has 0 aliphatic heterocycles. The van der Waals surface area contributed by atoms with E-state index >= 15 is 0 Å². The van der Waals surface area contributed by atoms with Crippen LogP contribution in [-0.2, 0) is 0 Å². The molecule has 0 spiro atoms. The van der Waals surface area contributed by atoms with Crippen molar-refractivity contribution in [1.82, 2.24) is 4.57 Å². The Kier molecular flexibility index (Phi) is 8.85. The molecule has 8 aromatic rings. The highest BCUT2D eigenvalue weighted by molar-refractivity contribution is 6.09. The molecule has 1 unspecified atom stereocenters. The summed E-state index contributed by atoms with van der Waals surface area (Å²) in [6.45, 7) is 0. The quantitative estimate of drug-likeness (QED) is 0.152. The van der Waals surface area contributed by atoms with Gasteiger partial charge in [-0.2, -0.15) is 0 Å². The molecule has 10 rings (SSSR count). The minimum atomic E-state index is 0.317. The SMILES string of the molecule is C1=CCCC(c2ccc(-c3ccc(N(c4ccc(-c5ccccc5)cc4)c4ccc(-c5ccc6c(c5)c5ccccc5n6C5C=CC=CC5)cc4)cc3)cc2)=C1. The normalized spacial score (nSPS) is 15.0. The first-order chi connectivity index (χ1) is 27.8. The summed E-state index contributed by atoms with van der Waals surface area (Å²) in [7, 11) is 0. The summed E-state index contributed by atoms with van der Waals surface area (Å²) in [5, 5.41) is 2.59. The largest absolute Gasteiger partial charge is 0.333 e. The summed E-state index contributed by atoms with van der Waals surface area (Å²) in [5.74, 6) is 0. The summed E-state index contributed by atoms with van der Waals surface area (Å²) < 4.78 is 2.51. The number of para-hydroxylation sites is 1. The molecule has 0 N–H and O–H groups in total. The van der Waals surface area contributed by atoms with Crippen molar-refractivity contribution >= 4 is 44.4 Å². The van der Waals surface area contributed by atoms with Crippen LogP contribution in [0.4, 0.5) is 17.1 Å². The number of anilines is 3. The molecule has 2 aliphatic rings. The van der Waals surface area contributed by atoms with Crippen molar-refractivity contribution in [3.8, 4) is 33.4 Å². The zero-order valence-electron chi connectivity index (χ0n) is 31.3. The molecule has 2 nitrogen and oxygen atoms in total. The third-order valence-electron chi connectivity index (χ3n) is 11.4. The van der Waals surface area contributed by atoms with Crippen LogP contribution in [0.5, 0.6) is 0 Å². The molecule has 2 aliphatic carbocycles. The molecule has 1 atom stereocenters. The molecule has 0 amide bonds. The van der Waals surface area contributed by atoms with Crippen molar-refractivity contribution in [2.24, 2.45) is 0 Å². The molecule has 0 saturated heterocycles. The number of fused-ring (bicyclic) bond motifs is 3. The Balaban J connectivity index is 0.992. The van der Waals surface area contributed by atoms with Crippen molar-refractivity contribution in [3.63, 3.8) is 0 Å². The van der Waals surface area contributed by atoms with Crippen molar-refractivity contribution < 1.29 is 0 Å². The molecule has 0 bridgehead atoms. The van der Waals surface area contributed by atoms with Gasteiger partial charge in [0.05, 0.1) is 6.04 Å². The van der Waals surface area contributed by atoms with Gasteiger partial charge in [0.2, 0.25) is 0 Å². The maximum Gasteiger partial charge on any atom is 0.0560 e. The number of benzene rings is 7. The Morgan fingerprint density at radius 1 is 0.429 bits per heavy atom. The van der Waals surface area contributed by atoms with Crippen LogP contribution in [0.2, 0.25) is 0 Å². The van der Waals surface area contributed by atoms with Gasteiger partial charge in [0.25, 0.3) is 0 Å². The Bertz CT molecular complexity index is 2780. The van der Waals surface area contributed by atoms with Crippen molar-refractivity contribution in [1.29, 1.82) is 0 Å². The molecule has 268 valence electrons. The van der Waals surface area contributed by atoms with Crippen LogP contribution in [0.15, 0.2) is 212 Å². The van der Waals surface area contributed by atoms with E-state index in [4.69, 9.17) is 0 Å². The van der Waals surface area contributed by atoms with E-state index < -0.39 is 0 Å². The maximum atomic E-state index is 2.51. The maximum absolute atomic E-state index is 2.51. The van der Waals surface area contributed by atoms with Crippen LogP contribution in [-0.4, -0.2) is 4.57 Å². The van der Waals surface area contributed by atoms with Gasteiger partial charge in [0, 0.05) is 38.9 Å². The number of nitrogens with zero attached hydrogens (tertiary/aromatic N) is 2. The zero-order chi connectivity index (χ0) is 37.3. The molecule has 0 saturated carbocycles. The van der Waals surface area contributed by atoms with Crippen LogP contribution in [0.3, 0.4) is 0 Å². The third-order valence-corrected chi connectivity index (χ3v) is 11.4. The van der Waals surface area contributed by atoms with Crippen LogP contribution in [0.1, 0.15) is 30.9 Å². The fourth-order valence-corrected chi connectivity index (χ4v) is 8.51. The van der Waals surface area contributed by atoms with E-state index in [-0.39, 0.29) is 0 Å². The molecule has 56 heavy (non-hydrogen) atoms. The lowest BCUT2D eigenvalue weighted by Crippen LogP contribution is -2.09. The topological polar surface area (TPSA) is 8.17 Å². The molecular weight excluding hydrogens is 677 g/mol. The van der Waals surface area contributed by atoms with E-state index in [1.54, 1.807) is 0 Å². The van der Waals surface area contributed by atoms with E-state index in [0.29, 0.717) is 6.04 Å². The van der Waals surface area contributed by atoms with Crippen molar-refractivity contribution in [2.45, 2.75) is 25.3 Å². The minimum Gasteiger partial charge on any atom is -0.333 e. The van der Waals surface area contributed by atoms with Gasteiger partial charge >= 0.3 is 0 Å². The standard InChI is InChI=1S/C54H42N2/c1-4-12-39(13-5-1)41-20-22-42(23-21-41)44-26-33-49(34-27-44)55(48-31-24-43(25-32-48)40-14-6-2-7-15-40)50-35-28-45(29-36-50)46-30-37-54-52(38-46)51-18-10-11-19-53(51)56(54)47-16-8-3-9-17-47/h1-4,6-12,14-16,18-38,47H,5,13,17H2. The van der Waals surface area contributed by atoms with Gasteiger partial charge in [0.1, 0.15) is 0 Å². The summed E-state index contributed by atoms with van der Waals surface area (Å²) in [4.78, 5) is 2.36. The fourth-order valence-electron chi connectivity index (χ4n) is 8.51. The summed E-state index contributed by atoms with van der Waals surface area (Å²) >= 11 is 0. The summed E-state index contributed by atoms with van der Waals surface area (Å²) in [6, 6.07) is 62.7. The lowest BCUT2D eigenvalue weighted by Gasteiger charge is -2.26. The second-order valence-electron chi connectivity index (χ2n) is 14.8. The van der Waals surface area contributed by atoms with Crippen molar-refractivity contribution in [2.75, 3.05) is 4.90 Å². The third kappa shape index (κ3) is 6.40. The van der Waals surface area contributed by atoms with E-state index in [1.807, 2.05) is 0 Å². The fraction of sp³-hybridized carbons (Fsp3) is 0.0741. The molecule has 0 radical (unpaired) electrons. The van der Waals surface area contributed by atoms with Crippen LogP contribution >= 0.6 is 0 Å². The molecule has 2 heteroatoms. The van der Waals surface area contributed by atoms with Gasteiger partial charge in [-0.3, -0.25) is 0 Å². The average molecular weight is 719 g/mol. The highest BCUT2D eigenvalue weighted by Crippen LogP contribution is 2.40. The van der Waals surface area contributed by atoms with Gasteiger partial charge in [-0.1, -0.05) is 158 Å². The van der Waals surface area contributed by atoms with E-state index in [0.717, 1.165) is 36.3 Å². The highest BCUT2D eigenvalue weighted by Gasteiger charge is 2.18. The number of allylic oxidation sites excluding steroid dienone is 8. The smallest absolute Gasteiger partial charge is 0.0560 e. The van der Waals surface area contributed by atoms with E-state index in [9.17, 15) is 0 Å². The van der Waals surface area contributed by atoms with Gasteiger partial charge < -0.3 is 9.47 Å². The van der Waals surface area contributed by atoms with Crippen LogP contribution in [0.25, 0.3) is 60.8 Å². The highest BCUT2D eigenvalue weighted by atomic mass is 15.1.